The quantitative estimate of drug-likeness (QED) is 0.816. The number of ether oxygens (including phenoxy) is 2. The zero-order valence-corrected chi connectivity index (χ0v) is 15.6. The molecule has 0 spiro atoms. The van der Waals surface area contributed by atoms with E-state index in [9.17, 15) is 9.59 Å². The second-order valence-corrected chi connectivity index (χ2v) is 6.49. The van der Waals surface area contributed by atoms with Crippen LogP contribution >= 0.6 is 0 Å². The third-order valence-electron chi connectivity index (χ3n) is 4.78. The lowest BCUT2D eigenvalue weighted by atomic mass is 10.1. The number of amides is 2. The van der Waals surface area contributed by atoms with Crippen molar-refractivity contribution < 1.29 is 19.1 Å². The highest BCUT2D eigenvalue weighted by atomic mass is 16.5. The van der Waals surface area contributed by atoms with Crippen molar-refractivity contribution in [3.8, 4) is 5.75 Å². The molecule has 2 amide bonds. The van der Waals surface area contributed by atoms with Gasteiger partial charge < -0.3 is 19.7 Å². The predicted molar refractivity (Wildman–Crippen MR) is 103 cm³/mol. The molecule has 0 aliphatic carbocycles. The maximum absolute atomic E-state index is 12.6. The summed E-state index contributed by atoms with van der Waals surface area (Å²) in [7, 11) is 3.21. The highest BCUT2D eigenvalue weighted by molar-refractivity contribution is 6.00. The van der Waals surface area contributed by atoms with Gasteiger partial charge in [0.25, 0.3) is 0 Å². The average molecular weight is 368 g/mol. The third kappa shape index (κ3) is 4.46. The maximum Gasteiger partial charge on any atom is 0.227 e. The van der Waals surface area contributed by atoms with Crippen molar-refractivity contribution in [2.75, 3.05) is 32.2 Å². The van der Waals surface area contributed by atoms with Crippen LogP contribution in [-0.2, 0) is 14.3 Å². The van der Waals surface area contributed by atoms with Crippen molar-refractivity contribution in [1.29, 1.82) is 0 Å². The normalized spacial score (nSPS) is 17.6. The van der Waals surface area contributed by atoms with Crippen LogP contribution in [0.15, 0.2) is 54.6 Å². The van der Waals surface area contributed by atoms with Crippen LogP contribution in [0.1, 0.15) is 18.1 Å². The van der Waals surface area contributed by atoms with Gasteiger partial charge in [-0.1, -0.05) is 30.3 Å². The van der Waals surface area contributed by atoms with E-state index in [1.165, 1.54) is 0 Å². The van der Waals surface area contributed by atoms with Crippen molar-refractivity contribution in [2.45, 2.75) is 12.5 Å². The third-order valence-corrected chi connectivity index (χ3v) is 4.78. The van der Waals surface area contributed by atoms with Gasteiger partial charge in [0, 0.05) is 32.3 Å². The summed E-state index contributed by atoms with van der Waals surface area (Å²) >= 11 is 0. The van der Waals surface area contributed by atoms with Crippen molar-refractivity contribution >= 4 is 17.5 Å². The molecule has 2 unspecified atom stereocenters. The Morgan fingerprint density at radius 2 is 1.96 bits per heavy atom. The Kier molecular flexibility index (Phi) is 6.08. The Hall–Kier alpha value is -2.86. The standard InChI is InChI=1S/C21H24N2O4/c1-26-18-10-6-7-15(11-18)19(27-2)13-22-21(25)16-12-20(24)23(14-16)17-8-4-3-5-9-17/h3-11,16,19H,12-14H2,1-2H3,(H,22,25). The van der Waals surface area contributed by atoms with Gasteiger partial charge in [0.05, 0.1) is 19.1 Å². The summed E-state index contributed by atoms with van der Waals surface area (Å²) in [4.78, 5) is 26.5. The number of hydrogen-bond acceptors (Lipinski definition) is 4. The van der Waals surface area contributed by atoms with Crippen molar-refractivity contribution in [2.24, 2.45) is 5.92 Å². The summed E-state index contributed by atoms with van der Waals surface area (Å²) in [5.41, 5.74) is 1.74. The first-order chi connectivity index (χ1) is 13.1. The molecule has 27 heavy (non-hydrogen) atoms. The first kappa shape index (κ1) is 18.9. The number of hydrogen-bond donors (Lipinski definition) is 1. The monoisotopic (exact) mass is 368 g/mol. The van der Waals surface area contributed by atoms with Crippen molar-refractivity contribution in [3.05, 3.63) is 60.2 Å². The van der Waals surface area contributed by atoms with Gasteiger partial charge in [0.2, 0.25) is 11.8 Å². The van der Waals surface area contributed by atoms with E-state index in [4.69, 9.17) is 9.47 Å². The van der Waals surface area contributed by atoms with Crippen LogP contribution < -0.4 is 15.0 Å². The van der Waals surface area contributed by atoms with Gasteiger partial charge in [-0.15, -0.1) is 0 Å². The van der Waals surface area contributed by atoms with Gasteiger partial charge in [0.1, 0.15) is 5.75 Å². The van der Waals surface area contributed by atoms with E-state index in [2.05, 4.69) is 5.32 Å². The predicted octanol–water partition coefficient (Wildman–Crippen LogP) is 2.55. The minimum atomic E-state index is -0.361. The Labute approximate surface area is 159 Å². The van der Waals surface area contributed by atoms with Gasteiger partial charge in [0.15, 0.2) is 0 Å². The number of methoxy groups -OCH3 is 2. The number of para-hydroxylation sites is 1. The molecule has 0 aromatic heterocycles. The van der Waals surface area contributed by atoms with Crippen LogP contribution in [0.3, 0.4) is 0 Å². The minimum Gasteiger partial charge on any atom is -0.497 e. The van der Waals surface area contributed by atoms with Crippen LogP contribution in [-0.4, -0.2) is 39.1 Å². The minimum absolute atomic E-state index is 0.0302. The van der Waals surface area contributed by atoms with Gasteiger partial charge in [-0.3, -0.25) is 9.59 Å². The van der Waals surface area contributed by atoms with E-state index in [0.717, 1.165) is 17.0 Å². The topological polar surface area (TPSA) is 67.9 Å². The van der Waals surface area contributed by atoms with Gasteiger partial charge in [-0.05, 0) is 29.8 Å². The van der Waals surface area contributed by atoms with Crippen LogP contribution in [0.2, 0.25) is 0 Å². The maximum atomic E-state index is 12.6. The SMILES string of the molecule is COc1cccc(C(CNC(=O)C2CC(=O)N(c3ccccc3)C2)OC)c1. The molecular weight excluding hydrogens is 344 g/mol. The summed E-state index contributed by atoms with van der Waals surface area (Å²) in [6.07, 6.45) is -0.0660. The highest BCUT2D eigenvalue weighted by Gasteiger charge is 2.35. The van der Waals surface area contributed by atoms with Gasteiger partial charge in [-0.25, -0.2) is 0 Å². The summed E-state index contributed by atoms with van der Waals surface area (Å²) in [5, 5.41) is 2.92. The van der Waals surface area contributed by atoms with E-state index in [0.29, 0.717) is 13.1 Å². The number of rotatable bonds is 7. The molecule has 6 nitrogen and oxygen atoms in total. The average Bonchev–Trinajstić information content (AvgIpc) is 3.11. The molecule has 0 radical (unpaired) electrons. The lowest BCUT2D eigenvalue weighted by Gasteiger charge is -2.19. The molecule has 1 saturated heterocycles. The molecule has 0 bridgehead atoms. The van der Waals surface area contributed by atoms with E-state index in [1.54, 1.807) is 19.1 Å². The number of carbonyl (C=O) groups is 2. The number of nitrogens with one attached hydrogen (secondary N) is 1. The molecule has 1 aliphatic heterocycles. The van der Waals surface area contributed by atoms with Crippen LogP contribution in [0.4, 0.5) is 5.69 Å². The fourth-order valence-electron chi connectivity index (χ4n) is 3.26. The zero-order valence-electron chi connectivity index (χ0n) is 15.6. The molecule has 2 aromatic rings. The number of benzene rings is 2. The lowest BCUT2D eigenvalue weighted by Crippen LogP contribution is -2.35. The van der Waals surface area contributed by atoms with Crippen LogP contribution in [0.5, 0.6) is 5.75 Å². The summed E-state index contributed by atoms with van der Waals surface area (Å²) in [5.74, 6) is 0.213. The molecular formula is C21H24N2O4. The van der Waals surface area contributed by atoms with E-state index in [1.807, 2.05) is 54.6 Å². The van der Waals surface area contributed by atoms with Crippen LogP contribution in [0.25, 0.3) is 0 Å². The Morgan fingerprint density at radius 1 is 1.19 bits per heavy atom. The number of carbonyl (C=O) groups excluding carboxylic acids is 2. The number of anilines is 1. The number of nitrogens with zero attached hydrogens (tertiary/aromatic N) is 1. The first-order valence-corrected chi connectivity index (χ1v) is 8.92. The Bertz CT molecular complexity index is 794. The highest BCUT2D eigenvalue weighted by Crippen LogP contribution is 2.25. The second-order valence-electron chi connectivity index (χ2n) is 6.49. The fraction of sp³-hybridized carbons (Fsp3) is 0.333. The van der Waals surface area contributed by atoms with E-state index < -0.39 is 0 Å². The Morgan fingerprint density at radius 3 is 2.67 bits per heavy atom. The molecule has 1 aliphatic rings. The molecule has 2 atom stereocenters. The molecule has 6 heteroatoms. The van der Waals surface area contributed by atoms with Crippen LogP contribution in [0, 0.1) is 5.92 Å². The van der Waals surface area contributed by atoms with Crippen molar-refractivity contribution in [3.63, 3.8) is 0 Å². The van der Waals surface area contributed by atoms with Crippen molar-refractivity contribution in [1.82, 2.24) is 5.32 Å². The summed E-state index contributed by atoms with van der Waals surface area (Å²) in [6.45, 7) is 0.726. The van der Waals surface area contributed by atoms with E-state index in [-0.39, 0.29) is 30.3 Å². The van der Waals surface area contributed by atoms with E-state index >= 15 is 0 Å². The zero-order chi connectivity index (χ0) is 19.2. The molecule has 1 N–H and O–H groups in total. The molecule has 0 saturated carbocycles. The molecule has 2 aromatic carbocycles. The second kappa shape index (κ2) is 8.68. The molecule has 3 rings (SSSR count). The molecule has 1 heterocycles. The molecule has 142 valence electrons. The first-order valence-electron chi connectivity index (χ1n) is 8.92. The Balaban J connectivity index is 1.59. The fourth-order valence-corrected chi connectivity index (χ4v) is 3.26. The van der Waals surface area contributed by atoms with Gasteiger partial charge in [-0.2, -0.15) is 0 Å². The largest absolute Gasteiger partial charge is 0.497 e. The summed E-state index contributed by atoms with van der Waals surface area (Å²) < 4.78 is 10.7. The summed E-state index contributed by atoms with van der Waals surface area (Å²) in [6, 6.07) is 17.0. The molecule has 1 fully saturated rings. The van der Waals surface area contributed by atoms with Gasteiger partial charge >= 0.3 is 0 Å². The smallest absolute Gasteiger partial charge is 0.227 e. The lowest BCUT2D eigenvalue weighted by molar-refractivity contribution is -0.126.